The predicted molar refractivity (Wildman–Crippen MR) is 75.0 cm³/mol. The van der Waals surface area contributed by atoms with Gasteiger partial charge in [-0.2, -0.15) is 0 Å². The molecule has 0 unspecified atom stereocenters. The van der Waals surface area contributed by atoms with Gasteiger partial charge in [-0.25, -0.2) is 4.39 Å². The van der Waals surface area contributed by atoms with Crippen molar-refractivity contribution < 1.29 is 13.9 Å². The van der Waals surface area contributed by atoms with Crippen molar-refractivity contribution in [2.24, 2.45) is 5.10 Å². The molecule has 0 aliphatic carbocycles. The quantitative estimate of drug-likeness (QED) is 0.850. The van der Waals surface area contributed by atoms with E-state index in [9.17, 15) is 4.39 Å². The van der Waals surface area contributed by atoms with Crippen LogP contribution in [0.5, 0.6) is 5.75 Å². The average Bonchev–Trinajstić information content (AvgIpc) is 2.48. The molecule has 0 saturated carbocycles. The maximum atomic E-state index is 12.4. The summed E-state index contributed by atoms with van der Waals surface area (Å²) >= 11 is 0. The van der Waals surface area contributed by atoms with Crippen molar-refractivity contribution in [3.8, 4) is 5.75 Å². The summed E-state index contributed by atoms with van der Waals surface area (Å²) in [6.07, 6.45) is 2.06. The van der Waals surface area contributed by atoms with Crippen molar-refractivity contribution in [2.45, 2.75) is 19.8 Å². The van der Waals surface area contributed by atoms with Crippen molar-refractivity contribution in [1.29, 1.82) is 0 Å². The Labute approximate surface area is 118 Å². The largest absolute Gasteiger partial charge is 0.493 e. The van der Waals surface area contributed by atoms with Crippen LogP contribution in [0.1, 0.15) is 23.1 Å². The van der Waals surface area contributed by atoms with E-state index in [0.717, 1.165) is 36.3 Å². The van der Waals surface area contributed by atoms with Crippen LogP contribution in [-0.4, -0.2) is 43.9 Å². The number of halogens is 1. The van der Waals surface area contributed by atoms with Gasteiger partial charge in [-0.1, -0.05) is 0 Å². The van der Waals surface area contributed by atoms with E-state index in [1.54, 1.807) is 5.01 Å². The van der Waals surface area contributed by atoms with E-state index in [-0.39, 0.29) is 0 Å². The molecule has 0 atom stereocenters. The number of rotatable bonds is 3. The Morgan fingerprint density at radius 1 is 1.30 bits per heavy atom. The maximum Gasteiger partial charge on any atom is 0.238 e. The number of benzene rings is 1. The number of hydrazone groups is 1. The first-order chi connectivity index (χ1) is 9.79. The van der Waals surface area contributed by atoms with Gasteiger partial charge in [0.1, 0.15) is 19.0 Å². The van der Waals surface area contributed by atoms with E-state index in [1.807, 2.05) is 12.1 Å². The molecule has 0 N–H and O–H groups in total. The highest BCUT2D eigenvalue weighted by atomic mass is 19.1. The van der Waals surface area contributed by atoms with Crippen LogP contribution in [-0.2, 0) is 11.2 Å². The third kappa shape index (κ3) is 2.44. The zero-order valence-corrected chi connectivity index (χ0v) is 11.7. The molecule has 1 aromatic rings. The van der Waals surface area contributed by atoms with Crippen molar-refractivity contribution in [3.05, 3.63) is 28.8 Å². The molecule has 0 bridgehead atoms. The van der Waals surface area contributed by atoms with Crippen molar-refractivity contribution >= 4 is 5.90 Å². The topological polar surface area (TPSA) is 34.1 Å². The smallest absolute Gasteiger partial charge is 0.238 e. The lowest BCUT2D eigenvalue weighted by Crippen LogP contribution is -2.33. The third-order valence-electron chi connectivity index (χ3n) is 3.78. The minimum Gasteiger partial charge on any atom is -0.493 e. The van der Waals surface area contributed by atoms with Gasteiger partial charge in [0.25, 0.3) is 0 Å². The molecule has 2 heterocycles. The van der Waals surface area contributed by atoms with E-state index in [4.69, 9.17) is 9.47 Å². The molecule has 0 saturated heterocycles. The highest BCUT2D eigenvalue weighted by Crippen LogP contribution is 2.30. The Bertz CT molecular complexity index is 531. The van der Waals surface area contributed by atoms with Gasteiger partial charge in [-0.3, -0.25) is 5.01 Å². The molecular formula is C15H19FN2O2. The Kier molecular flexibility index (Phi) is 3.76. The molecule has 3 rings (SSSR count). The number of hydrogen-bond donors (Lipinski definition) is 0. The standard InChI is InChI=1S/C15H19FN2O2/c1-11-12-3-2-9-19-14(12)5-4-13(11)15-17-18(7-6-16)8-10-20-15/h4-5H,2-3,6-10H2,1H3. The van der Waals surface area contributed by atoms with Crippen molar-refractivity contribution in [3.63, 3.8) is 0 Å². The Morgan fingerprint density at radius 2 is 2.20 bits per heavy atom. The number of fused-ring (bicyclic) bond motifs is 1. The second-order valence-corrected chi connectivity index (χ2v) is 5.06. The lowest BCUT2D eigenvalue weighted by molar-refractivity contribution is 0.158. The summed E-state index contributed by atoms with van der Waals surface area (Å²) in [5.41, 5.74) is 3.38. The fourth-order valence-electron chi connectivity index (χ4n) is 2.69. The van der Waals surface area contributed by atoms with Crippen LogP contribution in [0.25, 0.3) is 0 Å². The average molecular weight is 278 g/mol. The monoisotopic (exact) mass is 278 g/mol. The van der Waals surface area contributed by atoms with Gasteiger partial charge >= 0.3 is 0 Å². The molecule has 2 aliphatic rings. The van der Waals surface area contributed by atoms with Crippen molar-refractivity contribution in [2.75, 3.05) is 33.0 Å². The summed E-state index contributed by atoms with van der Waals surface area (Å²) < 4.78 is 23.8. The van der Waals surface area contributed by atoms with Gasteiger partial charge in [-0.05, 0) is 43.0 Å². The van der Waals surface area contributed by atoms with Crippen LogP contribution in [0.3, 0.4) is 0 Å². The molecule has 108 valence electrons. The molecule has 0 aromatic heterocycles. The molecule has 0 fully saturated rings. The first kappa shape index (κ1) is 13.2. The Balaban J connectivity index is 1.93. The molecule has 0 radical (unpaired) electrons. The lowest BCUT2D eigenvalue weighted by atomic mass is 9.96. The molecule has 0 spiro atoms. The van der Waals surface area contributed by atoms with Gasteiger partial charge in [0, 0.05) is 5.56 Å². The second-order valence-electron chi connectivity index (χ2n) is 5.06. The van der Waals surface area contributed by atoms with Crippen LogP contribution in [0.4, 0.5) is 4.39 Å². The van der Waals surface area contributed by atoms with E-state index in [0.29, 0.717) is 25.6 Å². The summed E-state index contributed by atoms with van der Waals surface area (Å²) in [4.78, 5) is 0. The van der Waals surface area contributed by atoms with Crippen LogP contribution in [0.15, 0.2) is 17.2 Å². The van der Waals surface area contributed by atoms with Crippen LogP contribution < -0.4 is 4.74 Å². The summed E-state index contributed by atoms with van der Waals surface area (Å²) in [6, 6.07) is 3.97. The summed E-state index contributed by atoms with van der Waals surface area (Å²) in [5.74, 6) is 1.56. The van der Waals surface area contributed by atoms with E-state index >= 15 is 0 Å². The summed E-state index contributed by atoms with van der Waals surface area (Å²) in [5, 5.41) is 6.13. The fourth-order valence-corrected chi connectivity index (χ4v) is 2.69. The Hall–Kier alpha value is -1.78. The van der Waals surface area contributed by atoms with E-state index in [1.165, 1.54) is 5.56 Å². The predicted octanol–water partition coefficient (Wildman–Crippen LogP) is 2.28. The van der Waals surface area contributed by atoms with Gasteiger partial charge in [-0.15, -0.1) is 5.10 Å². The molecule has 20 heavy (non-hydrogen) atoms. The van der Waals surface area contributed by atoms with Crippen LogP contribution in [0.2, 0.25) is 0 Å². The maximum absolute atomic E-state index is 12.4. The first-order valence-corrected chi connectivity index (χ1v) is 7.07. The highest BCUT2D eigenvalue weighted by Gasteiger charge is 2.21. The van der Waals surface area contributed by atoms with Crippen molar-refractivity contribution in [1.82, 2.24) is 5.01 Å². The first-order valence-electron chi connectivity index (χ1n) is 7.07. The third-order valence-corrected chi connectivity index (χ3v) is 3.78. The van der Waals surface area contributed by atoms with Gasteiger partial charge < -0.3 is 9.47 Å². The zero-order chi connectivity index (χ0) is 13.9. The molecule has 4 nitrogen and oxygen atoms in total. The molecule has 2 aliphatic heterocycles. The molecular weight excluding hydrogens is 259 g/mol. The number of nitrogens with zero attached hydrogens (tertiary/aromatic N) is 2. The summed E-state index contributed by atoms with van der Waals surface area (Å²) in [7, 11) is 0. The van der Waals surface area contributed by atoms with Gasteiger partial charge in [0.05, 0.1) is 19.7 Å². The van der Waals surface area contributed by atoms with Gasteiger partial charge in [0.2, 0.25) is 5.90 Å². The fraction of sp³-hybridized carbons (Fsp3) is 0.533. The molecule has 1 aromatic carbocycles. The SMILES string of the molecule is Cc1c(C2=NN(CCF)CCO2)ccc2c1CCCO2. The summed E-state index contributed by atoms with van der Waals surface area (Å²) in [6.45, 7) is 3.97. The minimum atomic E-state index is -0.395. The van der Waals surface area contributed by atoms with Crippen LogP contribution in [0, 0.1) is 6.92 Å². The number of alkyl halides is 1. The zero-order valence-electron chi connectivity index (χ0n) is 11.7. The normalized spacial score (nSPS) is 17.9. The number of hydrogen-bond acceptors (Lipinski definition) is 4. The second kappa shape index (κ2) is 5.69. The molecule has 0 amide bonds. The molecule has 5 heteroatoms. The highest BCUT2D eigenvalue weighted by molar-refractivity contribution is 5.96. The lowest BCUT2D eigenvalue weighted by Gasteiger charge is -2.26. The minimum absolute atomic E-state index is 0.319. The van der Waals surface area contributed by atoms with Gasteiger partial charge in [0.15, 0.2) is 0 Å². The Morgan fingerprint density at radius 3 is 3.05 bits per heavy atom. The number of ether oxygens (including phenoxy) is 2. The van der Waals surface area contributed by atoms with E-state index in [2.05, 4.69) is 12.0 Å². The van der Waals surface area contributed by atoms with Crippen LogP contribution >= 0.6 is 0 Å². The van der Waals surface area contributed by atoms with E-state index < -0.39 is 6.67 Å².